The van der Waals surface area contributed by atoms with Gasteiger partial charge in [-0.15, -0.1) is 0 Å². The molecule has 16 heavy (non-hydrogen) atoms. The molecule has 0 aromatic heterocycles. The summed E-state index contributed by atoms with van der Waals surface area (Å²) in [7, 11) is 2.16. The van der Waals surface area contributed by atoms with Crippen LogP contribution in [0.3, 0.4) is 0 Å². The van der Waals surface area contributed by atoms with E-state index in [-0.39, 0.29) is 0 Å². The molecule has 1 aliphatic rings. The monoisotopic (exact) mass is 226 g/mol. The summed E-state index contributed by atoms with van der Waals surface area (Å²) in [5, 5.41) is 11.9. The van der Waals surface area contributed by atoms with Gasteiger partial charge in [-0.25, -0.2) is 4.79 Å². The summed E-state index contributed by atoms with van der Waals surface area (Å²) in [6, 6.07) is 0.603. The fraction of sp³-hybridized carbons (Fsp3) is 0.750. The van der Waals surface area contributed by atoms with Gasteiger partial charge in [0.25, 0.3) is 0 Å². The van der Waals surface area contributed by atoms with Gasteiger partial charge in [0.15, 0.2) is 0 Å². The molecule has 1 fully saturated rings. The fourth-order valence-corrected chi connectivity index (χ4v) is 2.10. The van der Waals surface area contributed by atoms with Gasteiger partial charge in [0.05, 0.1) is 0 Å². The zero-order valence-electron chi connectivity index (χ0n) is 10.2. The number of piperidine rings is 1. The van der Waals surface area contributed by atoms with Gasteiger partial charge in [-0.1, -0.05) is 12.0 Å². The molecular formula is C12H22N2O2. The van der Waals surface area contributed by atoms with Crippen LogP contribution in [0.1, 0.15) is 26.2 Å². The van der Waals surface area contributed by atoms with Gasteiger partial charge in [0, 0.05) is 25.2 Å². The summed E-state index contributed by atoms with van der Waals surface area (Å²) in [5.41, 5.74) is 0.867. The van der Waals surface area contributed by atoms with E-state index in [0.717, 1.165) is 12.1 Å². The number of carbonyl (C=O) groups is 1. The van der Waals surface area contributed by atoms with E-state index >= 15 is 0 Å². The maximum absolute atomic E-state index is 10.4. The van der Waals surface area contributed by atoms with Crippen LogP contribution in [0.15, 0.2) is 11.6 Å². The molecule has 4 nitrogen and oxygen atoms in total. The lowest BCUT2D eigenvalue weighted by molar-refractivity contribution is -0.131. The molecule has 0 bridgehead atoms. The van der Waals surface area contributed by atoms with Gasteiger partial charge in [0.1, 0.15) is 0 Å². The molecule has 0 aromatic rings. The molecule has 1 aliphatic heterocycles. The second-order valence-corrected chi connectivity index (χ2v) is 4.59. The Kier molecular flexibility index (Phi) is 5.49. The number of likely N-dealkylation sites (tertiary alicyclic amines) is 1. The maximum atomic E-state index is 10.4. The molecule has 1 atom stereocenters. The lowest BCUT2D eigenvalue weighted by Crippen LogP contribution is -2.43. The average Bonchev–Trinajstić information content (AvgIpc) is 2.19. The Morgan fingerprint density at radius 2 is 2.31 bits per heavy atom. The molecule has 0 amide bonds. The first-order valence-corrected chi connectivity index (χ1v) is 5.90. The number of rotatable bonds is 5. The third-order valence-corrected chi connectivity index (χ3v) is 3.08. The molecule has 92 valence electrons. The van der Waals surface area contributed by atoms with E-state index in [4.69, 9.17) is 5.11 Å². The van der Waals surface area contributed by atoms with Gasteiger partial charge in [-0.3, -0.25) is 0 Å². The van der Waals surface area contributed by atoms with Gasteiger partial charge in [-0.2, -0.15) is 0 Å². The Bertz CT molecular complexity index is 264. The van der Waals surface area contributed by atoms with Gasteiger partial charge < -0.3 is 15.3 Å². The van der Waals surface area contributed by atoms with Crippen molar-refractivity contribution >= 4 is 5.97 Å². The van der Waals surface area contributed by atoms with Crippen molar-refractivity contribution in [1.29, 1.82) is 0 Å². The number of hydrogen-bond donors (Lipinski definition) is 2. The van der Waals surface area contributed by atoms with Crippen molar-refractivity contribution in [2.75, 3.05) is 26.7 Å². The second kappa shape index (κ2) is 6.66. The molecule has 0 radical (unpaired) electrons. The van der Waals surface area contributed by atoms with Crippen LogP contribution >= 0.6 is 0 Å². The van der Waals surface area contributed by atoms with Crippen LogP contribution in [0, 0.1) is 0 Å². The van der Waals surface area contributed by atoms with Crippen LogP contribution in [0.2, 0.25) is 0 Å². The quantitative estimate of drug-likeness (QED) is 0.689. The first-order valence-electron chi connectivity index (χ1n) is 5.90. The highest BCUT2D eigenvalue weighted by atomic mass is 16.4. The van der Waals surface area contributed by atoms with Crippen LogP contribution in [-0.2, 0) is 4.79 Å². The van der Waals surface area contributed by atoms with Crippen molar-refractivity contribution in [1.82, 2.24) is 10.2 Å². The molecule has 1 saturated heterocycles. The van der Waals surface area contributed by atoms with E-state index in [1.54, 1.807) is 0 Å². The molecular weight excluding hydrogens is 204 g/mol. The van der Waals surface area contributed by atoms with Crippen molar-refractivity contribution < 1.29 is 9.90 Å². The third-order valence-electron chi connectivity index (χ3n) is 3.08. The van der Waals surface area contributed by atoms with Crippen molar-refractivity contribution in [3.63, 3.8) is 0 Å². The number of likely N-dealkylation sites (N-methyl/N-ethyl adjacent to an activating group) is 1. The Morgan fingerprint density at radius 3 is 2.94 bits per heavy atom. The maximum Gasteiger partial charge on any atom is 0.328 e. The molecule has 0 saturated carbocycles. The van der Waals surface area contributed by atoms with Crippen LogP contribution in [-0.4, -0.2) is 48.7 Å². The normalized spacial score (nSPS) is 23.4. The van der Waals surface area contributed by atoms with Crippen LogP contribution in [0.4, 0.5) is 0 Å². The minimum absolute atomic E-state index is 0.603. The van der Waals surface area contributed by atoms with Crippen LogP contribution in [0.5, 0.6) is 0 Å². The summed E-state index contributed by atoms with van der Waals surface area (Å²) in [4.78, 5) is 12.8. The molecule has 1 heterocycles. The van der Waals surface area contributed by atoms with E-state index in [2.05, 4.69) is 17.3 Å². The van der Waals surface area contributed by atoms with E-state index in [1.165, 1.54) is 31.9 Å². The number of nitrogens with one attached hydrogen (secondary N) is 1. The Labute approximate surface area is 97.3 Å². The lowest BCUT2D eigenvalue weighted by Gasteiger charge is -2.32. The smallest absolute Gasteiger partial charge is 0.328 e. The molecule has 1 rings (SSSR count). The highest BCUT2D eigenvalue weighted by molar-refractivity contribution is 5.80. The standard InChI is InChI=1S/C12H22N2O2/c1-10(7-12(15)16)8-13-9-11-5-3-4-6-14(11)2/h7,11,13H,3-6,8-9H2,1-2H3,(H,15,16). The molecule has 0 aromatic carbocycles. The van der Waals surface area contributed by atoms with Crippen LogP contribution in [0.25, 0.3) is 0 Å². The number of nitrogens with zero attached hydrogens (tertiary/aromatic N) is 1. The Balaban J connectivity index is 2.21. The summed E-state index contributed by atoms with van der Waals surface area (Å²) < 4.78 is 0. The molecule has 0 aliphatic carbocycles. The first kappa shape index (κ1) is 13.2. The summed E-state index contributed by atoms with van der Waals surface area (Å²) in [5.74, 6) is -0.867. The zero-order chi connectivity index (χ0) is 12.0. The molecule has 4 heteroatoms. The second-order valence-electron chi connectivity index (χ2n) is 4.59. The van der Waals surface area contributed by atoms with Crippen molar-refractivity contribution in [2.45, 2.75) is 32.2 Å². The van der Waals surface area contributed by atoms with Gasteiger partial charge in [0.2, 0.25) is 0 Å². The van der Waals surface area contributed by atoms with Gasteiger partial charge >= 0.3 is 5.97 Å². The van der Waals surface area contributed by atoms with E-state index in [0.29, 0.717) is 12.6 Å². The minimum atomic E-state index is -0.867. The average molecular weight is 226 g/mol. The van der Waals surface area contributed by atoms with Crippen LogP contribution < -0.4 is 5.32 Å². The fourth-order valence-electron chi connectivity index (χ4n) is 2.10. The summed E-state index contributed by atoms with van der Waals surface area (Å²) >= 11 is 0. The number of hydrogen-bond acceptors (Lipinski definition) is 3. The third kappa shape index (κ3) is 4.77. The predicted molar refractivity (Wildman–Crippen MR) is 64.5 cm³/mol. The largest absolute Gasteiger partial charge is 0.478 e. The van der Waals surface area contributed by atoms with Gasteiger partial charge in [-0.05, 0) is 33.4 Å². The zero-order valence-corrected chi connectivity index (χ0v) is 10.2. The first-order chi connectivity index (χ1) is 7.59. The van der Waals surface area contributed by atoms with E-state index in [9.17, 15) is 4.79 Å². The topological polar surface area (TPSA) is 52.6 Å². The van der Waals surface area contributed by atoms with Crippen molar-refractivity contribution in [3.05, 3.63) is 11.6 Å². The lowest BCUT2D eigenvalue weighted by atomic mass is 10.0. The van der Waals surface area contributed by atoms with Crippen molar-refractivity contribution in [3.8, 4) is 0 Å². The highest BCUT2D eigenvalue weighted by Crippen LogP contribution is 2.13. The van der Waals surface area contributed by atoms with E-state index < -0.39 is 5.97 Å². The SMILES string of the molecule is CC(=CC(=O)O)CNCC1CCCCN1C. The molecule has 0 spiro atoms. The Morgan fingerprint density at radius 1 is 1.56 bits per heavy atom. The number of aliphatic carboxylic acids is 1. The summed E-state index contributed by atoms with van der Waals surface area (Å²) in [6.07, 6.45) is 5.11. The molecule has 2 N–H and O–H groups in total. The van der Waals surface area contributed by atoms with Crippen molar-refractivity contribution in [2.24, 2.45) is 0 Å². The number of carboxylic acid groups (broad SMARTS) is 1. The predicted octanol–water partition coefficient (Wildman–Crippen LogP) is 1.09. The van der Waals surface area contributed by atoms with E-state index in [1.807, 2.05) is 6.92 Å². The Hall–Kier alpha value is -0.870. The number of carboxylic acids is 1. The minimum Gasteiger partial charge on any atom is -0.478 e. The molecule has 1 unspecified atom stereocenters. The highest BCUT2D eigenvalue weighted by Gasteiger charge is 2.17. The summed E-state index contributed by atoms with van der Waals surface area (Å²) in [6.45, 7) is 4.62.